The molecule has 2 aromatic carbocycles. The highest BCUT2D eigenvalue weighted by Crippen LogP contribution is 2.39. The average Bonchev–Trinajstić information content (AvgIpc) is 2.60. The van der Waals surface area contributed by atoms with Crippen molar-refractivity contribution in [1.29, 1.82) is 0 Å². The molecule has 0 radical (unpaired) electrons. The summed E-state index contributed by atoms with van der Waals surface area (Å²) in [6.45, 7) is 2.13. The van der Waals surface area contributed by atoms with Gasteiger partial charge in [-0.2, -0.15) is 0 Å². The summed E-state index contributed by atoms with van der Waals surface area (Å²) in [6.07, 6.45) is 2.17. The van der Waals surface area contributed by atoms with E-state index in [-0.39, 0.29) is 9.39 Å². The van der Waals surface area contributed by atoms with E-state index >= 15 is 0 Å². The van der Waals surface area contributed by atoms with Crippen molar-refractivity contribution in [3.63, 3.8) is 0 Å². The van der Waals surface area contributed by atoms with Gasteiger partial charge >= 0.3 is 0 Å². The molecule has 0 spiro atoms. The van der Waals surface area contributed by atoms with Crippen molar-refractivity contribution in [2.75, 3.05) is 0 Å². The van der Waals surface area contributed by atoms with Gasteiger partial charge < -0.3 is 0 Å². The Hall–Kier alpha value is -1.26. The molecule has 0 saturated heterocycles. The second kappa shape index (κ2) is 8.72. The maximum Gasteiger partial charge on any atom is 0.216 e. The molecule has 24 heavy (non-hydrogen) atoms. The maximum atomic E-state index is 12.4. The topological polar surface area (TPSA) is 34.1 Å². The SMILES string of the molecule is CCC(CCC(C(=O)Br)(C(=O)Br)c1ccccc1)c1ccccc1. The smallest absolute Gasteiger partial charge is 0.216 e. The Kier molecular flexibility index (Phi) is 6.93. The van der Waals surface area contributed by atoms with Gasteiger partial charge in [-0.05, 0) is 68.2 Å². The Labute approximate surface area is 159 Å². The predicted octanol–water partition coefficient (Wildman–Crippen LogP) is 5.74. The fourth-order valence-corrected chi connectivity index (χ4v) is 4.57. The minimum absolute atomic E-state index is 0.300. The lowest BCUT2D eigenvalue weighted by Crippen LogP contribution is -2.39. The summed E-state index contributed by atoms with van der Waals surface area (Å²) in [5.41, 5.74) is 0.770. The molecule has 0 aliphatic heterocycles. The molecule has 0 aliphatic carbocycles. The van der Waals surface area contributed by atoms with E-state index in [0.29, 0.717) is 12.3 Å². The Balaban J connectivity index is 2.32. The van der Waals surface area contributed by atoms with E-state index in [0.717, 1.165) is 18.4 Å². The Morgan fingerprint density at radius 2 is 1.42 bits per heavy atom. The van der Waals surface area contributed by atoms with Crippen LogP contribution >= 0.6 is 31.9 Å². The monoisotopic (exact) mass is 450 g/mol. The standard InChI is InChI=1S/C20H20Br2O2/c1-2-15(16-9-5-3-6-10-16)13-14-20(18(21)23,19(22)24)17-11-7-4-8-12-17/h3-12,15H,2,13-14H2,1H3. The van der Waals surface area contributed by atoms with Crippen molar-refractivity contribution in [2.45, 2.75) is 37.5 Å². The Morgan fingerprint density at radius 1 is 0.917 bits per heavy atom. The fraction of sp³-hybridized carbons (Fsp3) is 0.300. The molecule has 0 amide bonds. The lowest BCUT2D eigenvalue weighted by molar-refractivity contribution is -0.125. The first kappa shape index (κ1) is 19.1. The maximum absolute atomic E-state index is 12.4. The van der Waals surface area contributed by atoms with Gasteiger partial charge in [-0.3, -0.25) is 9.59 Å². The molecule has 0 aromatic heterocycles. The fourth-order valence-electron chi connectivity index (χ4n) is 3.09. The Morgan fingerprint density at radius 3 is 1.88 bits per heavy atom. The van der Waals surface area contributed by atoms with Crippen LogP contribution in [-0.4, -0.2) is 9.39 Å². The van der Waals surface area contributed by atoms with Crippen molar-refractivity contribution in [3.05, 3.63) is 71.8 Å². The molecule has 126 valence electrons. The van der Waals surface area contributed by atoms with Gasteiger partial charge in [0.1, 0.15) is 5.41 Å². The van der Waals surface area contributed by atoms with Crippen LogP contribution in [0.15, 0.2) is 60.7 Å². The highest BCUT2D eigenvalue weighted by atomic mass is 79.9. The molecule has 0 aliphatic rings. The zero-order valence-corrected chi connectivity index (χ0v) is 16.7. The van der Waals surface area contributed by atoms with Gasteiger partial charge in [0.2, 0.25) is 9.39 Å². The average molecular weight is 452 g/mol. The van der Waals surface area contributed by atoms with E-state index in [1.165, 1.54) is 5.56 Å². The molecule has 1 atom stereocenters. The van der Waals surface area contributed by atoms with E-state index in [1.54, 1.807) is 0 Å². The molecular weight excluding hydrogens is 432 g/mol. The van der Waals surface area contributed by atoms with Crippen LogP contribution in [0.2, 0.25) is 0 Å². The number of carbonyl (C=O) groups excluding carboxylic acids is 2. The predicted molar refractivity (Wildman–Crippen MR) is 105 cm³/mol. The summed E-state index contributed by atoms with van der Waals surface area (Å²) < 4.78 is -0.600. The van der Waals surface area contributed by atoms with E-state index in [2.05, 4.69) is 50.9 Å². The molecule has 0 N–H and O–H groups in total. The number of benzene rings is 2. The summed E-state index contributed by atoms with van der Waals surface area (Å²) in [5.74, 6) is 0.313. The number of carbonyl (C=O) groups is 2. The summed E-state index contributed by atoms with van der Waals surface area (Å²) in [4.78, 5) is 24.8. The van der Waals surface area contributed by atoms with Crippen molar-refractivity contribution >= 4 is 41.2 Å². The van der Waals surface area contributed by atoms with Gasteiger partial charge in [0.15, 0.2) is 0 Å². The second-order valence-electron chi connectivity index (χ2n) is 5.87. The molecule has 0 saturated carbocycles. The van der Waals surface area contributed by atoms with Gasteiger partial charge in [-0.1, -0.05) is 67.6 Å². The highest BCUT2D eigenvalue weighted by Gasteiger charge is 2.44. The molecule has 1 unspecified atom stereocenters. The summed E-state index contributed by atoms with van der Waals surface area (Å²) >= 11 is 6.15. The van der Waals surface area contributed by atoms with Crippen LogP contribution in [-0.2, 0) is 15.0 Å². The van der Waals surface area contributed by atoms with E-state index < -0.39 is 5.41 Å². The minimum Gasteiger partial charge on any atom is -0.285 e. The van der Waals surface area contributed by atoms with Crippen molar-refractivity contribution in [1.82, 2.24) is 0 Å². The zero-order chi connectivity index (χ0) is 17.6. The molecule has 0 fully saturated rings. The number of halogens is 2. The van der Waals surface area contributed by atoms with Crippen LogP contribution in [0.1, 0.15) is 43.2 Å². The third kappa shape index (κ3) is 4.04. The van der Waals surface area contributed by atoms with E-state index in [1.807, 2.05) is 48.5 Å². The lowest BCUT2D eigenvalue weighted by atomic mass is 9.76. The molecule has 2 nitrogen and oxygen atoms in total. The Bertz CT molecular complexity index is 669. The highest BCUT2D eigenvalue weighted by molar-refractivity contribution is 9.19. The number of rotatable bonds is 8. The van der Waals surface area contributed by atoms with Crippen molar-refractivity contribution in [3.8, 4) is 0 Å². The first-order valence-corrected chi connectivity index (χ1v) is 9.61. The summed E-state index contributed by atoms with van der Waals surface area (Å²) in [5, 5.41) is 0. The lowest BCUT2D eigenvalue weighted by Gasteiger charge is -2.29. The van der Waals surface area contributed by atoms with Gasteiger partial charge in [-0.25, -0.2) is 0 Å². The summed E-state index contributed by atoms with van der Waals surface area (Å²) in [6, 6.07) is 19.5. The second-order valence-corrected chi connectivity index (χ2v) is 7.31. The number of hydrogen-bond donors (Lipinski definition) is 0. The quantitative estimate of drug-likeness (QED) is 0.378. The molecule has 2 rings (SSSR count). The zero-order valence-electron chi connectivity index (χ0n) is 13.5. The largest absolute Gasteiger partial charge is 0.285 e. The molecule has 0 heterocycles. The number of hydrogen-bond acceptors (Lipinski definition) is 2. The van der Waals surface area contributed by atoms with Crippen LogP contribution in [0.3, 0.4) is 0 Å². The van der Waals surface area contributed by atoms with E-state index in [9.17, 15) is 9.59 Å². The van der Waals surface area contributed by atoms with Gasteiger partial charge in [0.25, 0.3) is 0 Å². The molecule has 0 bridgehead atoms. The van der Waals surface area contributed by atoms with Crippen LogP contribution in [0.5, 0.6) is 0 Å². The van der Waals surface area contributed by atoms with Gasteiger partial charge in [0, 0.05) is 0 Å². The molecule has 4 heteroatoms. The van der Waals surface area contributed by atoms with Crippen LogP contribution in [0.25, 0.3) is 0 Å². The van der Waals surface area contributed by atoms with Crippen LogP contribution in [0, 0.1) is 0 Å². The first-order valence-electron chi connectivity index (χ1n) is 8.02. The molecular formula is C20H20Br2O2. The first-order chi connectivity index (χ1) is 11.5. The van der Waals surface area contributed by atoms with Gasteiger partial charge in [-0.15, -0.1) is 0 Å². The van der Waals surface area contributed by atoms with E-state index in [4.69, 9.17) is 0 Å². The van der Waals surface area contributed by atoms with Crippen LogP contribution in [0.4, 0.5) is 0 Å². The van der Waals surface area contributed by atoms with Gasteiger partial charge in [0.05, 0.1) is 0 Å². The normalized spacial score (nSPS) is 12.6. The van der Waals surface area contributed by atoms with Crippen LogP contribution < -0.4 is 0 Å². The molecule has 2 aromatic rings. The summed E-state index contributed by atoms with van der Waals surface area (Å²) in [7, 11) is 0. The van der Waals surface area contributed by atoms with Crippen molar-refractivity contribution in [2.24, 2.45) is 0 Å². The third-order valence-electron chi connectivity index (χ3n) is 4.57. The minimum atomic E-state index is -1.19. The third-order valence-corrected chi connectivity index (χ3v) is 5.92. The van der Waals surface area contributed by atoms with Crippen molar-refractivity contribution < 1.29 is 9.59 Å².